The van der Waals surface area contributed by atoms with Crippen LogP contribution >= 0.6 is 0 Å². The number of carboxylic acids is 2. The molecule has 1 aromatic heterocycles. The monoisotopic (exact) mass is 335 g/mol. The summed E-state index contributed by atoms with van der Waals surface area (Å²) >= 11 is 0. The van der Waals surface area contributed by atoms with Gasteiger partial charge in [0.2, 0.25) is 0 Å². The van der Waals surface area contributed by atoms with Crippen LogP contribution in [0.15, 0.2) is 54.7 Å². The van der Waals surface area contributed by atoms with E-state index in [9.17, 15) is 9.59 Å². The molecular formula is C17H21NO6. The fourth-order valence-corrected chi connectivity index (χ4v) is 1.36. The van der Waals surface area contributed by atoms with Crippen LogP contribution in [0.25, 0.3) is 11.3 Å². The van der Waals surface area contributed by atoms with Crippen molar-refractivity contribution < 1.29 is 30.0 Å². The Labute approximate surface area is 139 Å². The third kappa shape index (κ3) is 11.8. The fourth-order valence-electron chi connectivity index (χ4n) is 1.36. The second-order valence-corrected chi connectivity index (χ2v) is 4.32. The van der Waals surface area contributed by atoms with E-state index in [1.54, 1.807) is 0 Å². The number of aliphatic hydroxyl groups excluding tert-OH is 2. The van der Waals surface area contributed by atoms with E-state index in [-0.39, 0.29) is 26.1 Å². The van der Waals surface area contributed by atoms with E-state index >= 15 is 0 Å². The smallest absolute Gasteiger partial charge is 0.303 e. The quantitative estimate of drug-likeness (QED) is 0.654. The van der Waals surface area contributed by atoms with Gasteiger partial charge in [-0.3, -0.25) is 14.6 Å². The van der Waals surface area contributed by atoms with E-state index in [1.165, 1.54) is 0 Å². The molecule has 0 unspecified atom stereocenters. The maximum absolute atomic E-state index is 9.64. The van der Waals surface area contributed by atoms with Gasteiger partial charge in [0.25, 0.3) is 0 Å². The average Bonchev–Trinajstić information content (AvgIpc) is 2.62. The van der Waals surface area contributed by atoms with Crippen LogP contribution in [-0.2, 0) is 9.59 Å². The highest BCUT2D eigenvalue weighted by Crippen LogP contribution is 2.14. The molecule has 0 saturated carbocycles. The van der Waals surface area contributed by atoms with Gasteiger partial charge in [0.05, 0.1) is 31.7 Å². The number of aliphatic hydroxyl groups is 2. The first-order valence-electron chi connectivity index (χ1n) is 7.13. The molecule has 0 aliphatic rings. The van der Waals surface area contributed by atoms with Gasteiger partial charge in [-0.05, 0) is 12.1 Å². The maximum atomic E-state index is 9.64. The number of pyridine rings is 1. The van der Waals surface area contributed by atoms with Gasteiger partial charge in [-0.25, -0.2) is 0 Å². The molecule has 0 atom stereocenters. The topological polar surface area (TPSA) is 128 Å². The van der Waals surface area contributed by atoms with Crippen molar-refractivity contribution in [2.24, 2.45) is 0 Å². The summed E-state index contributed by atoms with van der Waals surface area (Å²) in [6.07, 6.45) is 1.22. The molecule has 0 radical (unpaired) electrons. The van der Waals surface area contributed by atoms with Crippen molar-refractivity contribution in [3.05, 3.63) is 54.7 Å². The molecule has 24 heavy (non-hydrogen) atoms. The minimum absolute atomic E-state index is 0.125. The molecule has 1 aromatic carbocycles. The molecule has 2 aromatic rings. The summed E-state index contributed by atoms with van der Waals surface area (Å²) in [7, 11) is 0. The summed E-state index contributed by atoms with van der Waals surface area (Å²) in [4.78, 5) is 23.5. The zero-order chi connectivity index (χ0) is 18.2. The van der Waals surface area contributed by atoms with Crippen molar-refractivity contribution in [2.45, 2.75) is 12.8 Å². The molecule has 4 N–H and O–H groups in total. The molecule has 130 valence electrons. The van der Waals surface area contributed by atoms with Gasteiger partial charge in [0, 0.05) is 11.8 Å². The molecule has 0 bridgehead atoms. The van der Waals surface area contributed by atoms with Crippen LogP contribution in [0.2, 0.25) is 0 Å². The number of aliphatic carboxylic acids is 2. The summed E-state index contributed by atoms with van der Waals surface area (Å²) in [6.45, 7) is -0.250. The molecule has 0 amide bonds. The molecule has 7 heteroatoms. The van der Waals surface area contributed by atoms with E-state index in [2.05, 4.69) is 17.1 Å². The van der Waals surface area contributed by atoms with Crippen LogP contribution in [-0.4, -0.2) is 50.6 Å². The summed E-state index contributed by atoms with van der Waals surface area (Å²) in [6, 6.07) is 16.1. The number of hydrogen-bond donors (Lipinski definition) is 4. The highest BCUT2D eigenvalue weighted by molar-refractivity contribution is 5.75. The number of carboxylic acid groups (broad SMARTS) is 2. The van der Waals surface area contributed by atoms with Crippen LogP contribution in [0.1, 0.15) is 12.8 Å². The van der Waals surface area contributed by atoms with Crippen molar-refractivity contribution in [3.8, 4) is 11.3 Å². The highest BCUT2D eigenvalue weighted by Gasteiger charge is 2.00. The minimum Gasteiger partial charge on any atom is -0.481 e. The fraction of sp³-hybridized carbons (Fsp3) is 0.235. The molecule has 1 heterocycles. The zero-order valence-electron chi connectivity index (χ0n) is 13.1. The summed E-state index contributed by atoms with van der Waals surface area (Å²) in [5.74, 6) is -2.15. The first-order valence-corrected chi connectivity index (χ1v) is 7.13. The van der Waals surface area contributed by atoms with Gasteiger partial charge < -0.3 is 20.4 Å². The lowest BCUT2D eigenvalue weighted by Crippen LogP contribution is -2.00. The molecule has 2 rings (SSSR count). The zero-order valence-corrected chi connectivity index (χ0v) is 13.1. The Morgan fingerprint density at radius 2 is 1.29 bits per heavy atom. The normalized spacial score (nSPS) is 8.92. The van der Waals surface area contributed by atoms with Gasteiger partial charge in [0.1, 0.15) is 0 Å². The SMILES string of the molecule is O=C(O)CCC(=O)O.OCCO.c1ccc(-c2ccccn2)cc1. The minimum atomic E-state index is -1.08. The van der Waals surface area contributed by atoms with Gasteiger partial charge in [-0.1, -0.05) is 36.4 Å². The molecule has 0 spiro atoms. The second kappa shape index (κ2) is 13.9. The third-order valence-electron chi connectivity index (χ3n) is 2.39. The lowest BCUT2D eigenvalue weighted by molar-refractivity contribution is -0.143. The van der Waals surface area contributed by atoms with Crippen molar-refractivity contribution in [1.29, 1.82) is 0 Å². The van der Waals surface area contributed by atoms with Gasteiger partial charge >= 0.3 is 11.9 Å². The van der Waals surface area contributed by atoms with Crippen molar-refractivity contribution >= 4 is 11.9 Å². The van der Waals surface area contributed by atoms with E-state index in [0.29, 0.717) is 0 Å². The first-order chi connectivity index (χ1) is 11.5. The van der Waals surface area contributed by atoms with Crippen LogP contribution in [0.4, 0.5) is 0 Å². The Morgan fingerprint density at radius 3 is 1.67 bits per heavy atom. The van der Waals surface area contributed by atoms with E-state index < -0.39 is 11.9 Å². The summed E-state index contributed by atoms with van der Waals surface area (Å²) < 4.78 is 0. The number of rotatable bonds is 5. The Balaban J connectivity index is 0.000000384. The average molecular weight is 335 g/mol. The molecule has 7 nitrogen and oxygen atoms in total. The standard InChI is InChI=1S/C11H9N.C4H6O4.C2H6O2/c1-2-6-10(7-3-1)11-8-4-5-9-12-11;5-3(6)1-2-4(7)8;3-1-2-4/h1-9H;1-2H2,(H,5,6)(H,7,8);3-4H,1-2H2. The maximum Gasteiger partial charge on any atom is 0.303 e. The van der Waals surface area contributed by atoms with Crippen molar-refractivity contribution in [1.82, 2.24) is 4.98 Å². The van der Waals surface area contributed by atoms with E-state index in [1.807, 2.05) is 42.6 Å². The summed E-state index contributed by atoms with van der Waals surface area (Å²) in [5.41, 5.74) is 2.19. The molecule has 0 saturated heterocycles. The number of nitrogens with zero attached hydrogens (tertiary/aromatic N) is 1. The van der Waals surface area contributed by atoms with E-state index in [0.717, 1.165) is 11.3 Å². The molecular weight excluding hydrogens is 314 g/mol. The largest absolute Gasteiger partial charge is 0.481 e. The second-order valence-electron chi connectivity index (χ2n) is 4.32. The highest BCUT2D eigenvalue weighted by atomic mass is 16.4. The Morgan fingerprint density at radius 1 is 0.792 bits per heavy atom. The lowest BCUT2D eigenvalue weighted by atomic mass is 10.1. The van der Waals surface area contributed by atoms with Gasteiger partial charge in [0.15, 0.2) is 0 Å². The number of carbonyl (C=O) groups is 2. The van der Waals surface area contributed by atoms with Crippen molar-refractivity contribution in [3.63, 3.8) is 0 Å². The third-order valence-corrected chi connectivity index (χ3v) is 2.39. The van der Waals surface area contributed by atoms with Crippen molar-refractivity contribution in [2.75, 3.05) is 13.2 Å². The molecule has 0 aliphatic carbocycles. The van der Waals surface area contributed by atoms with Gasteiger partial charge in [-0.2, -0.15) is 0 Å². The predicted molar refractivity (Wildman–Crippen MR) is 88.4 cm³/mol. The number of hydrogen-bond acceptors (Lipinski definition) is 5. The number of aromatic nitrogens is 1. The Kier molecular flexibility index (Phi) is 12.3. The van der Waals surface area contributed by atoms with Crippen LogP contribution in [0, 0.1) is 0 Å². The van der Waals surface area contributed by atoms with Crippen LogP contribution in [0.5, 0.6) is 0 Å². The number of benzene rings is 1. The Bertz CT molecular complexity index is 521. The Hall–Kier alpha value is -2.77. The lowest BCUT2D eigenvalue weighted by Gasteiger charge is -1.97. The molecule has 0 aliphatic heterocycles. The first kappa shape index (κ1) is 21.2. The van der Waals surface area contributed by atoms with E-state index in [4.69, 9.17) is 20.4 Å². The van der Waals surface area contributed by atoms with Crippen LogP contribution in [0.3, 0.4) is 0 Å². The molecule has 0 fully saturated rings. The van der Waals surface area contributed by atoms with Crippen LogP contribution < -0.4 is 0 Å². The van der Waals surface area contributed by atoms with Gasteiger partial charge in [-0.15, -0.1) is 0 Å². The summed E-state index contributed by atoms with van der Waals surface area (Å²) in [5, 5.41) is 31.0. The predicted octanol–water partition coefficient (Wildman–Crippen LogP) is 1.66.